The predicted octanol–water partition coefficient (Wildman–Crippen LogP) is 2.91. The number of aliphatic hydroxyl groups is 1. The van der Waals surface area contributed by atoms with Gasteiger partial charge < -0.3 is 14.6 Å². The van der Waals surface area contributed by atoms with Crippen molar-refractivity contribution in [2.45, 2.75) is 13.2 Å². The number of hydrogen-bond donors (Lipinski definition) is 2. The smallest absolute Gasteiger partial charge is 0.231 e. The summed E-state index contributed by atoms with van der Waals surface area (Å²) in [6.45, 7) is 5.65. The summed E-state index contributed by atoms with van der Waals surface area (Å²) >= 11 is 0. The van der Waals surface area contributed by atoms with Crippen molar-refractivity contribution in [1.82, 2.24) is 5.48 Å². The van der Waals surface area contributed by atoms with Crippen LogP contribution in [0.1, 0.15) is 12.5 Å². The Morgan fingerprint density at radius 2 is 1.82 bits per heavy atom. The van der Waals surface area contributed by atoms with E-state index in [9.17, 15) is 0 Å². The Labute approximate surface area is 128 Å². The molecule has 1 unspecified atom stereocenters. The number of nitrogens with one attached hydrogen (secondary N) is 1. The Morgan fingerprint density at radius 1 is 1.14 bits per heavy atom. The largest absolute Gasteiger partial charge is 0.454 e. The number of benzene rings is 2. The van der Waals surface area contributed by atoms with Crippen LogP contribution in [0.25, 0.3) is 16.8 Å². The summed E-state index contributed by atoms with van der Waals surface area (Å²) in [7, 11) is 0. The number of fused-ring (bicyclic) bond motifs is 1. The molecule has 2 aromatic carbocycles. The van der Waals surface area contributed by atoms with Crippen molar-refractivity contribution in [3.63, 3.8) is 0 Å². The lowest BCUT2D eigenvalue weighted by Gasteiger charge is -2.12. The summed E-state index contributed by atoms with van der Waals surface area (Å²) in [5, 5.41) is 9.07. The topological polar surface area (TPSA) is 60.0 Å². The Kier molecular flexibility index (Phi) is 4.00. The molecule has 2 aromatic rings. The molecule has 3 rings (SSSR count). The van der Waals surface area contributed by atoms with E-state index in [-0.39, 0.29) is 6.79 Å². The molecule has 5 nitrogen and oxygen atoms in total. The molecule has 1 aliphatic rings. The molecule has 0 radical (unpaired) electrons. The van der Waals surface area contributed by atoms with Gasteiger partial charge in [-0.2, -0.15) is 0 Å². The van der Waals surface area contributed by atoms with E-state index >= 15 is 0 Å². The van der Waals surface area contributed by atoms with Gasteiger partial charge in [-0.1, -0.05) is 36.9 Å². The molecule has 0 saturated heterocycles. The third-order valence-electron chi connectivity index (χ3n) is 3.29. The van der Waals surface area contributed by atoms with Gasteiger partial charge in [0.05, 0.1) is 5.70 Å². The van der Waals surface area contributed by atoms with Gasteiger partial charge in [0.15, 0.2) is 17.8 Å². The SMILES string of the molecule is C=C(NOC(C)O)c1ccc(-c2ccc3c(c2)OCO3)cc1. The maximum Gasteiger partial charge on any atom is 0.231 e. The van der Waals surface area contributed by atoms with E-state index in [0.29, 0.717) is 5.70 Å². The first kappa shape index (κ1) is 14.4. The van der Waals surface area contributed by atoms with Gasteiger partial charge in [0.25, 0.3) is 0 Å². The van der Waals surface area contributed by atoms with E-state index in [1.807, 2.05) is 42.5 Å². The normalized spacial score (nSPS) is 13.7. The molecule has 0 spiro atoms. The molecule has 1 atom stereocenters. The van der Waals surface area contributed by atoms with E-state index < -0.39 is 6.29 Å². The van der Waals surface area contributed by atoms with Crippen LogP contribution in [0.3, 0.4) is 0 Å². The molecular weight excluding hydrogens is 282 g/mol. The van der Waals surface area contributed by atoms with Crippen LogP contribution >= 0.6 is 0 Å². The minimum atomic E-state index is -0.898. The number of ether oxygens (including phenoxy) is 2. The molecule has 0 aliphatic carbocycles. The first-order valence-corrected chi connectivity index (χ1v) is 6.92. The second kappa shape index (κ2) is 6.09. The molecule has 0 amide bonds. The third kappa shape index (κ3) is 3.05. The highest BCUT2D eigenvalue weighted by atomic mass is 16.7. The Balaban J connectivity index is 1.75. The van der Waals surface area contributed by atoms with Gasteiger partial charge in [-0.3, -0.25) is 5.48 Å². The third-order valence-corrected chi connectivity index (χ3v) is 3.29. The fraction of sp³-hybridized carbons (Fsp3) is 0.176. The van der Waals surface area contributed by atoms with E-state index in [2.05, 4.69) is 12.1 Å². The van der Waals surface area contributed by atoms with E-state index in [1.165, 1.54) is 6.92 Å². The van der Waals surface area contributed by atoms with E-state index in [1.54, 1.807) is 0 Å². The molecule has 0 fully saturated rings. The molecule has 114 valence electrons. The highest BCUT2D eigenvalue weighted by Crippen LogP contribution is 2.36. The summed E-state index contributed by atoms with van der Waals surface area (Å²) in [5.41, 5.74) is 6.18. The lowest BCUT2D eigenvalue weighted by molar-refractivity contribution is -0.116. The quantitative estimate of drug-likeness (QED) is 0.656. The molecule has 0 aromatic heterocycles. The van der Waals surface area contributed by atoms with Crippen LogP contribution in [0.2, 0.25) is 0 Å². The standard InChI is InChI=1S/C17H17NO4/c1-11(18-22-12(2)19)13-3-5-14(6-4-13)15-7-8-16-17(9-15)21-10-20-16/h3-9,12,18-19H,1,10H2,2H3. The molecule has 1 aliphatic heterocycles. The fourth-order valence-corrected chi connectivity index (χ4v) is 2.16. The second-order valence-corrected chi connectivity index (χ2v) is 4.94. The second-order valence-electron chi connectivity index (χ2n) is 4.94. The minimum absolute atomic E-state index is 0.270. The fourth-order valence-electron chi connectivity index (χ4n) is 2.16. The van der Waals surface area contributed by atoms with Gasteiger partial charge in [-0.15, -0.1) is 0 Å². The number of rotatable bonds is 5. The summed E-state index contributed by atoms with van der Waals surface area (Å²) < 4.78 is 10.7. The van der Waals surface area contributed by atoms with Gasteiger partial charge in [0.1, 0.15) is 0 Å². The zero-order valence-electron chi connectivity index (χ0n) is 12.2. The first-order chi connectivity index (χ1) is 10.6. The van der Waals surface area contributed by atoms with Gasteiger partial charge in [0.2, 0.25) is 6.79 Å². The van der Waals surface area contributed by atoms with Crippen molar-refractivity contribution >= 4 is 5.70 Å². The summed E-state index contributed by atoms with van der Waals surface area (Å²) in [6, 6.07) is 13.7. The van der Waals surface area contributed by atoms with Crippen LogP contribution in [0.15, 0.2) is 49.0 Å². The molecule has 0 saturated carbocycles. The van der Waals surface area contributed by atoms with Crippen molar-refractivity contribution in [3.8, 4) is 22.6 Å². The highest BCUT2D eigenvalue weighted by molar-refractivity contribution is 5.70. The first-order valence-electron chi connectivity index (χ1n) is 6.92. The summed E-state index contributed by atoms with van der Waals surface area (Å²) in [4.78, 5) is 4.90. The van der Waals surface area contributed by atoms with Crippen molar-refractivity contribution in [3.05, 3.63) is 54.6 Å². The van der Waals surface area contributed by atoms with Gasteiger partial charge >= 0.3 is 0 Å². The molecule has 5 heteroatoms. The molecule has 0 bridgehead atoms. The Hall–Kier alpha value is -2.50. The molecule has 22 heavy (non-hydrogen) atoms. The van der Waals surface area contributed by atoms with Crippen LogP contribution in [0.4, 0.5) is 0 Å². The van der Waals surface area contributed by atoms with Crippen LogP contribution in [-0.4, -0.2) is 18.2 Å². The summed E-state index contributed by atoms with van der Waals surface area (Å²) in [5.74, 6) is 1.53. The van der Waals surface area contributed by atoms with E-state index in [4.69, 9.17) is 19.4 Å². The van der Waals surface area contributed by atoms with Crippen molar-refractivity contribution in [1.29, 1.82) is 0 Å². The zero-order valence-corrected chi connectivity index (χ0v) is 12.2. The molecule has 1 heterocycles. The molecule has 2 N–H and O–H groups in total. The Morgan fingerprint density at radius 3 is 2.55 bits per heavy atom. The van der Waals surface area contributed by atoms with Crippen LogP contribution < -0.4 is 15.0 Å². The maximum absolute atomic E-state index is 9.07. The predicted molar refractivity (Wildman–Crippen MR) is 82.9 cm³/mol. The number of hydrogen-bond acceptors (Lipinski definition) is 5. The summed E-state index contributed by atoms with van der Waals surface area (Å²) in [6.07, 6.45) is -0.898. The van der Waals surface area contributed by atoms with Crippen molar-refractivity contribution in [2.24, 2.45) is 0 Å². The van der Waals surface area contributed by atoms with Crippen LogP contribution in [-0.2, 0) is 4.84 Å². The van der Waals surface area contributed by atoms with Crippen molar-refractivity contribution in [2.75, 3.05) is 6.79 Å². The van der Waals surface area contributed by atoms with Crippen LogP contribution in [0.5, 0.6) is 11.5 Å². The van der Waals surface area contributed by atoms with Gasteiger partial charge in [-0.25, -0.2) is 4.84 Å². The number of hydroxylamine groups is 1. The Bertz CT molecular complexity index is 680. The van der Waals surface area contributed by atoms with E-state index in [0.717, 1.165) is 28.2 Å². The average Bonchev–Trinajstić information content (AvgIpc) is 3.00. The van der Waals surface area contributed by atoms with Gasteiger partial charge in [-0.05, 0) is 35.7 Å². The lowest BCUT2D eigenvalue weighted by atomic mass is 10.0. The highest BCUT2D eigenvalue weighted by Gasteiger charge is 2.13. The van der Waals surface area contributed by atoms with Gasteiger partial charge in [0, 0.05) is 0 Å². The molecular formula is C17H17NO4. The zero-order chi connectivity index (χ0) is 15.5. The maximum atomic E-state index is 9.07. The van der Waals surface area contributed by atoms with Crippen LogP contribution in [0, 0.1) is 0 Å². The number of aliphatic hydroxyl groups excluding tert-OH is 1. The average molecular weight is 299 g/mol. The minimum Gasteiger partial charge on any atom is -0.454 e. The van der Waals surface area contributed by atoms with Crippen molar-refractivity contribution < 1.29 is 19.4 Å². The monoisotopic (exact) mass is 299 g/mol. The lowest BCUT2D eigenvalue weighted by Crippen LogP contribution is -2.19.